The minimum atomic E-state index is 0.318. The topological polar surface area (TPSA) is 20.2 Å². The van der Waals surface area contributed by atoms with Crippen LogP contribution in [-0.4, -0.2) is 5.11 Å². The van der Waals surface area contributed by atoms with E-state index in [1.807, 2.05) is 0 Å². The molecule has 6 atom stereocenters. The lowest BCUT2D eigenvalue weighted by Gasteiger charge is -2.42. The summed E-state index contributed by atoms with van der Waals surface area (Å²) in [5.74, 6) is 3.31. The first-order chi connectivity index (χ1) is 12.9. The van der Waals surface area contributed by atoms with Gasteiger partial charge in [-0.1, -0.05) is 59.2 Å². The van der Waals surface area contributed by atoms with Crippen LogP contribution in [0.15, 0.2) is 12.1 Å². The lowest BCUT2D eigenvalue weighted by Crippen LogP contribution is -2.32. The van der Waals surface area contributed by atoms with E-state index in [0.717, 1.165) is 11.8 Å². The van der Waals surface area contributed by atoms with Gasteiger partial charge < -0.3 is 5.11 Å². The quantitative estimate of drug-likeness (QED) is 0.561. The van der Waals surface area contributed by atoms with Crippen molar-refractivity contribution in [3.63, 3.8) is 0 Å². The number of hydrogen-bond acceptors (Lipinski definition) is 1. The van der Waals surface area contributed by atoms with E-state index in [0.29, 0.717) is 39.2 Å². The molecule has 1 aromatic rings. The van der Waals surface area contributed by atoms with E-state index in [9.17, 15) is 5.11 Å². The molecule has 0 heterocycles. The fourth-order valence-electron chi connectivity index (χ4n) is 8.71. The van der Waals surface area contributed by atoms with Gasteiger partial charge in [0.05, 0.1) is 0 Å². The molecule has 154 valence electrons. The Balaban J connectivity index is 1.60. The van der Waals surface area contributed by atoms with Crippen molar-refractivity contribution < 1.29 is 5.11 Å². The van der Waals surface area contributed by atoms with E-state index < -0.39 is 0 Å². The highest BCUT2D eigenvalue weighted by molar-refractivity contribution is 5.50. The van der Waals surface area contributed by atoms with Crippen LogP contribution in [0.4, 0.5) is 0 Å². The van der Waals surface area contributed by atoms with E-state index in [2.05, 4.69) is 60.6 Å². The Labute approximate surface area is 172 Å². The monoisotopic (exact) mass is 380 g/mol. The third kappa shape index (κ3) is 2.00. The molecule has 0 unspecified atom stereocenters. The Morgan fingerprint density at radius 3 is 1.43 bits per heavy atom. The van der Waals surface area contributed by atoms with Gasteiger partial charge >= 0.3 is 0 Å². The first-order valence-electron chi connectivity index (χ1n) is 11.8. The van der Waals surface area contributed by atoms with Crippen LogP contribution in [-0.2, 0) is 0 Å². The maximum absolute atomic E-state index is 11.7. The van der Waals surface area contributed by atoms with Crippen LogP contribution < -0.4 is 0 Å². The van der Waals surface area contributed by atoms with Crippen molar-refractivity contribution in [2.45, 2.75) is 98.8 Å². The van der Waals surface area contributed by atoms with E-state index >= 15 is 0 Å². The molecule has 4 saturated carbocycles. The molecule has 0 amide bonds. The second-order valence-corrected chi connectivity index (χ2v) is 12.6. The number of phenols is 1. The van der Waals surface area contributed by atoms with Crippen LogP contribution in [0.5, 0.6) is 5.75 Å². The van der Waals surface area contributed by atoms with Crippen molar-refractivity contribution in [3.8, 4) is 5.75 Å². The molecule has 0 spiro atoms. The molecule has 0 radical (unpaired) electrons. The van der Waals surface area contributed by atoms with Crippen LogP contribution in [0, 0.1) is 40.4 Å². The number of benzene rings is 1. The number of aryl methyl sites for hydroxylation is 1. The van der Waals surface area contributed by atoms with Gasteiger partial charge in [-0.25, -0.2) is 0 Å². The molecule has 1 nitrogen and oxygen atoms in total. The molecule has 0 saturated heterocycles. The summed E-state index contributed by atoms with van der Waals surface area (Å²) < 4.78 is 0. The normalized spacial score (nSPS) is 45.1. The summed E-state index contributed by atoms with van der Waals surface area (Å²) in [6.45, 7) is 17.2. The predicted octanol–water partition coefficient (Wildman–Crippen LogP) is 7.56. The van der Waals surface area contributed by atoms with Gasteiger partial charge in [0.25, 0.3) is 0 Å². The fraction of sp³-hybridized carbons (Fsp3) is 0.778. The summed E-state index contributed by atoms with van der Waals surface area (Å²) in [4.78, 5) is 0. The average Bonchev–Trinajstić information content (AvgIpc) is 3.14. The van der Waals surface area contributed by atoms with Crippen LogP contribution >= 0.6 is 0 Å². The summed E-state index contributed by atoms with van der Waals surface area (Å²) in [5, 5.41) is 11.7. The maximum atomic E-state index is 11.7. The smallest absolute Gasteiger partial charge is 0.122 e. The molecule has 4 bridgehead atoms. The zero-order valence-electron chi connectivity index (χ0n) is 19.2. The lowest BCUT2D eigenvalue weighted by atomic mass is 9.63. The number of rotatable bonds is 2. The molecule has 4 aliphatic carbocycles. The highest BCUT2D eigenvalue weighted by atomic mass is 16.3. The van der Waals surface area contributed by atoms with Crippen LogP contribution in [0.1, 0.15) is 109 Å². The van der Waals surface area contributed by atoms with Crippen molar-refractivity contribution in [3.05, 3.63) is 28.8 Å². The van der Waals surface area contributed by atoms with Crippen molar-refractivity contribution in [2.24, 2.45) is 33.5 Å². The summed E-state index contributed by atoms with van der Waals surface area (Å²) in [7, 11) is 0. The first-order valence-corrected chi connectivity index (χ1v) is 11.8. The fourth-order valence-corrected chi connectivity index (χ4v) is 8.71. The Kier molecular flexibility index (Phi) is 3.65. The minimum Gasteiger partial charge on any atom is -0.507 e. The van der Waals surface area contributed by atoms with Gasteiger partial charge in [0.1, 0.15) is 5.75 Å². The third-order valence-corrected chi connectivity index (χ3v) is 11.7. The van der Waals surface area contributed by atoms with Gasteiger partial charge in [-0.15, -0.1) is 0 Å². The number of hydrogen-bond donors (Lipinski definition) is 1. The zero-order chi connectivity index (χ0) is 20.3. The van der Waals surface area contributed by atoms with Gasteiger partial charge in [-0.3, -0.25) is 0 Å². The summed E-state index contributed by atoms with van der Waals surface area (Å²) in [6.07, 6.45) is 7.89. The molecular weight excluding hydrogens is 340 g/mol. The number of phenolic OH excluding ortho intramolecular Hbond substituents is 1. The molecule has 1 N–H and O–H groups in total. The van der Waals surface area contributed by atoms with E-state index in [4.69, 9.17) is 0 Å². The third-order valence-electron chi connectivity index (χ3n) is 11.7. The first kappa shape index (κ1) is 19.0. The number of fused-ring (bicyclic) bond motifs is 4. The maximum Gasteiger partial charge on any atom is 0.122 e. The second-order valence-electron chi connectivity index (χ2n) is 12.6. The minimum absolute atomic E-state index is 0.318. The highest BCUT2D eigenvalue weighted by Gasteiger charge is 2.63. The molecule has 4 aliphatic rings. The predicted molar refractivity (Wildman–Crippen MR) is 117 cm³/mol. The largest absolute Gasteiger partial charge is 0.507 e. The van der Waals surface area contributed by atoms with E-state index in [1.165, 1.54) is 55.2 Å². The van der Waals surface area contributed by atoms with Gasteiger partial charge in [0, 0.05) is 0 Å². The van der Waals surface area contributed by atoms with Crippen molar-refractivity contribution in [1.29, 1.82) is 0 Å². The lowest BCUT2D eigenvalue weighted by molar-refractivity contribution is 0.130. The average molecular weight is 381 g/mol. The van der Waals surface area contributed by atoms with Gasteiger partial charge in [-0.05, 0) is 102 Å². The molecule has 28 heavy (non-hydrogen) atoms. The molecule has 1 heteroatoms. The van der Waals surface area contributed by atoms with Gasteiger partial charge in [0.15, 0.2) is 0 Å². The summed E-state index contributed by atoms with van der Waals surface area (Å²) >= 11 is 0. The molecule has 4 fully saturated rings. The second kappa shape index (κ2) is 5.38. The standard InChI is InChI=1S/C27H40O/c1-16-12-19(21-14-17-8-10-26(21,6)24(17,2)3)23(28)20(13-16)22-15-18-9-11-27(22,7)25(18,4)5/h12-13,17-18,21-22,28H,8-11,14-15H2,1-7H3/t17-,18+,21+,22-,26+,27-. The van der Waals surface area contributed by atoms with Crippen molar-refractivity contribution >= 4 is 0 Å². The molecule has 0 aliphatic heterocycles. The van der Waals surface area contributed by atoms with Crippen LogP contribution in [0.2, 0.25) is 0 Å². The zero-order valence-corrected chi connectivity index (χ0v) is 19.2. The van der Waals surface area contributed by atoms with Crippen molar-refractivity contribution in [2.75, 3.05) is 0 Å². The van der Waals surface area contributed by atoms with Crippen LogP contribution in [0.3, 0.4) is 0 Å². The summed E-state index contributed by atoms with van der Waals surface area (Å²) in [5.41, 5.74) is 5.30. The Bertz CT molecular complexity index is 768. The summed E-state index contributed by atoms with van der Waals surface area (Å²) in [6, 6.07) is 4.65. The number of aromatic hydroxyl groups is 1. The van der Waals surface area contributed by atoms with Crippen molar-refractivity contribution in [1.82, 2.24) is 0 Å². The van der Waals surface area contributed by atoms with Crippen LogP contribution in [0.25, 0.3) is 0 Å². The van der Waals surface area contributed by atoms with Gasteiger partial charge in [0.2, 0.25) is 0 Å². The van der Waals surface area contributed by atoms with Gasteiger partial charge in [-0.2, -0.15) is 0 Å². The molecule has 5 rings (SSSR count). The molecular formula is C27H40O. The SMILES string of the molecule is Cc1cc([C@H]2C[C@@H]3CC[C@@]2(C)C3(C)C)c(O)c([C@@H]2C[C@H]3CC[C@]2(C)C3(C)C)c1. The van der Waals surface area contributed by atoms with E-state index in [1.54, 1.807) is 0 Å². The Morgan fingerprint density at radius 2 is 1.14 bits per heavy atom. The van der Waals surface area contributed by atoms with E-state index in [-0.39, 0.29) is 0 Å². The Hall–Kier alpha value is -0.980. The molecule has 0 aromatic heterocycles. The molecule has 1 aromatic carbocycles. The highest BCUT2D eigenvalue weighted by Crippen LogP contribution is 2.74. The Morgan fingerprint density at radius 1 is 0.750 bits per heavy atom.